The lowest BCUT2D eigenvalue weighted by Crippen LogP contribution is -2.05. The summed E-state index contributed by atoms with van der Waals surface area (Å²) in [5.41, 5.74) is 5.22. The van der Waals surface area contributed by atoms with Gasteiger partial charge in [0.25, 0.3) is 0 Å². The second-order valence-corrected chi connectivity index (χ2v) is 1.64. The van der Waals surface area contributed by atoms with Crippen LogP contribution in [0.1, 0.15) is 12.8 Å². The SMILES string of the molecule is Cl.NC1=NC(O)CC1. The van der Waals surface area contributed by atoms with Gasteiger partial charge >= 0.3 is 0 Å². The molecule has 1 aliphatic heterocycles. The van der Waals surface area contributed by atoms with Crippen molar-refractivity contribution in [2.24, 2.45) is 10.7 Å². The van der Waals surface area contributed by atoms with Gasteiger partial charge in [0.2, 0.25) is 0 Å². The van der Waals surface area contributed by atoms with Gasteiger partial charge in [-0.1, -0.05) is 0 Å². The van der Waals surface area contributed by atoms with E-state index in [0.717, 1.165) is 6.42 Å². The van der Waals surface area contributed by atoms with Crippen molar-refractivity contribution < 1.29 is 5.11 Å². The molecule has 0 radical (unpaired) electrons. The number of hydrogen-bond acceptors (Lipinski definition) is 3. The molecule has 0 spiro atoms. The number of rotatable bonds is 0. The average molecular weight is 137 g/mol. The van der Waals surface area contributed by atoms with Gasteiger partial charge in [-0.3, -0.25) is 0 Å². The van der Waals surface area contributed by atoms with Crippen LogP contribution in [0.4, 0.5) is 0 Å². The Balaban J connectivity index is 0.000000490. The molecule has 48 valence electrons. The van der Waals surface area contributed by atoms with Crippen molar-refractivity contribution in [2.45, 2.75) is 19.1 Å². The molecule has 0 amide bonds. The molecule has 1 atom stereocenters. The van der Waals surface area contributed by atoms with E-state index >= 15 is 0 Å². The van der Waals surface area contributed by atoms with E-state index in [9.17, 15) is 0 Å². The summed E-state index contributed by atoms with van der Waals surface area (Å²) in [6.45, 7) is 0. The van der Waals surface area contributed by atoms with E-state index in [0.29, 0.717) is 12.3 Å². The van der Waals surface area contributed by atoms with E-state index in [-0.39, 0.29) is 12.4 Å². The molecule has 0 bridgehead atoms. The first kappa shape index (κ1) is 7.72. The summed E-state index contributed by atoms with van der Waals surface area (Å²) in [6.07, 6.45) is 0.937. The summed E-state index contributed by atoms with van der Waals surface area (Å²) < 4.78 is 0. The minimum absolute atomic E-state index is 0. The molecule has 0 aromatic heterocycles. The molecule has 4 heteroatoms. The van der Waals surface area contributed by atoms with Crippen molar-refractivity contribution in [1.82, 2.24) is 0 Å². The minimum atomic E-state index is -0.514. The van der Waals surface area contributed by atoms with Gasteiger partial charge < -0.3 is 10.8 Å². The fraction of sp³-hybridized carbons (Fsp3) is 0.750. The number of nitrogens with zero attached hydrogens (tertiary/aromatic N) is 1. The predicted molar refractivity (Wildman–Crippen MR) is 34.1 cm³/mol. The number of nitrogens with two attached hydrogens (primary N) is 1. The summed E-state index contributed by atoms with van der Waals surface area (Å²) in [5.74, 6) is 0.576. The third kappa shape index (κ3) is 1.68. The first-order valence-electron chi connectivity index (χ1n) is 2.29. The number of aliphatic hydroxyl groups is 1. The maximum atomic E-state index is 8.63. The minimum Gasteiger partial charge on any atom is -0.387 e. The Bertz CT molecular complexity index is 104. The van der Waals surface area contributed by atoms with Crippen LogP contribution >= 0.6 is 12.4 Å². The van der Waals surface area contributed by atoms with Gasteiger partial charge in [0, 0.05) is 12.8 Å². The maximum absolute atomic E-state index is 8.63. The smallest absolute Gasteiger partial charge is 0.147 e. The van der Waals surface area contributed by atoms with Crippen LogP contribution < -0.4 is 5.73 Å². The zero-order chi connectivity index (χ0) is 5.28. The summed E-state index contributed by atoms with van der Waals surface area (Å²) in [4.78, 5) is 3.64. The zero-order valence-corrected chi connectivity index (χ0v) is 5.19. The lowest BCUT2D eigenvalue weighted by atomic mass is 10.3. The Morgan fingerprint density at radius 1 is 1.75 bits per heavy atom. The lowest BCUT2D eigenvalue weighted by Gasteiger charge is -1.88. The molecule has 0 aromatic carbocycles. The van der Waals surface area contributed by atoms with Gasteiger partial charge in [-0.15, -0.1) is 12.4 Å². The van der Waals surface area contributed by atoms with E-state index in [4.69, 9.17) is 10.8 Å². The quantitative estimate of drug-likeness (QED) is 0.488. The highest BCUT2D eigenvalue weighted by Gasteiger charge is 2.09. The number of hydrogen-bond donors (Lipinski definition) is 2. The zero-order valence-electron chi connectivity index (χ0n) is 4.37. The van der Waals surface area contributed by atoms with Crippen molar-refractivity contribution in [2.75, 3.05) is 0 Å². The first-order chi connectivity index (χ1) is 3.29. The van der Waals surface area contributed by atoms with Crippen molar-refractivity contribution in [3.63, 3.8) is 0 Å². The highest BCUT2D eigenvalue weighted by atomic mass is 35.5. The van der Waals surface area contributed by atoms with Gasteiger partial charge in [0.15, 0.2) is 0 Å². The average Bonchev–Trinajstić information content (AvgIpc) is 1.87. The highest BCUT2D eigenvalue weighted by Crippen LogP contribution is 2.05. The molecule has 3 N–H and O–H groups in total. The van der Waals surface area contributed by atoms with Crippen molar-refractivity contribution >= 4 is 18.2 Å². The molecule has 0 saturated carbocycles. The van der Waals surface area contributed by atoms with Crippen LogP contribution in [0.3, 0.4) is 0 Å². The molecule has 1 unspecified atom stereocenters. The van der Waals surface area contributed by atoms with E-state index in [1.165, 1.54) is 0 Å². The van der Waals surface area contributed by atoms with Gasteiger partial charge in [-0.2, -0.15) is 0 Å². The van der Waals surface area contributed by atoms with Crippen LogP contribution in [0.2, 0.25) is 0 Å². The fourth-order valence-electron chi connectivity index (χ4n) is 0.597. The van der Waals surface area contributed by atoms with E-state index in [1.54, 1.807) is 0 Å². The Hall–Kier alpha value is -0.280. The molecular formula is C4H9ClN2O. The standard InChI is InChI=1S/C4H8N2O.ClH/c5-3-1-2-4(7)6-3;/h4,7H,1-2H2,(H2,5,6);1H. The Morgan fingerprint density at radius 3 is 2.50 bits per heavy atom. The van der Waals surface area contributed by atoms with Crippen molar-refractivity contribution in [1.29, 1.82) is 0 Å². The Kier molecular flexibility index (Phi) is 2.79. The summed E-state index contributed by atoms with van der Waals surface area (Å²) in [7, 11) is 0. The Morgan fingerprint density at radius 2 is 2.38 bits per heavy atom. The van der Waals surface area contributed by atoms with E-state index in [1.807, 2.05) is 0 Å². The second-order valence-electron chi connectivity index (χ2n) is 1.64. The largest absolute Gasteiger partial charge is 0.387 e. The number of halogens is 1. The van der Waals surface area contributed by atoms with Crippen LogP contribution in [0.15, 0.2) is 4.99 Å². The summed E-state index contributed by atoms with van der Waals surface area (Å²) >= 11 is 0. The fourth-order valence-corrected chi connectivity index (χ4v) is 0.597. The van der Waals surface area contributed by atoms with Crippen LogP contribution in [-0.4, -0.2) is 17.2 Å². The number of aliphatic hydroxyl groups excluding tert-OH is 1. The molecular weight excluding hydrogens is 128 g/mol. The van der Waals surface area contributed by atoms with Crippen molar-refractivity contribution in [3.05, 3.63) is 0 Å². The van der Waals surface area contributed by atoms with Crippen LogP contribution in [-0.2, 0) is 0 Å². The van der Waals surface area contributed by atoms with Gasteiger partial charge in [-0.25, -0.2) is 4.99 Å². The Labute approximate surface area is 54.0 Å². The highest BCUT2D eigenvalue weighted by molar-refractivity contribution is 5.85. The normalized spacial score (nSPS) is 26.6. The third-order valence-electron chi connectivity index (χ3n) is 0.974. The second kappa shape index (κ2) is 2.89. The predicted octanol–water partition coefficient (Wildman–Crippen LogP) is -0.122. The maximum Gasteiger partial charge on any atom is 0.147 e. The first-order valence-corrected chi connectivity index (χ1v) is 2.29. The van der Waals surface area contributed by atoms with Gasteiger partial charge in [-0.05, 0) is 0 Å². The summed E-state index contributed by atoms with van der Waals surface area (Å²) in [5, 5.41) is 8.63. The van der Waals surface area contributed by atoms with E-state index in [2.05, 4.69) is 4.99 Å². The van der Waals surface area contributed by atoms with Crippen molar-refractivity contribution in [3.8, 4) is 0 Å². The summed E-state index contributed by atoms with van der Waals surface area (Å²) in [6, 6.07) is 0. The molecule has 0 aliphatic carbocycles. The molecule has 1 heterocycles. The lowest BCUT2D eigenvalue weighted by molar-refractivity contribution is 0.186. The molecule has 1 rings (SSSR count). The molecule has 0 fully saturated rings. The molecule has 8 heavy (non-hydrogen) atoms. The van der Waals surface area contributed by atoms with Crippen LogP contribution in [0.25, 0.3) is 0 Å². The molecule has 0 saturated heterocycles. The number of amidine groups is 1. The molecule has 1 aliphatic rings. The topological polar surface area (TPSA) is 58.6 Å². The molecule has 3 nitrogen and oxygen atoms in total. The number of aliphatic imine (C=N–C) groups is 1. The van der Waals surface area contributed by atoms with Gasteiger partial charge in [0.1, 0.15) is 6.23 Å². The molecule has 0 aromatic rings. The van der Waals surface area contributed by atoms with Crippen LogP contribution in [0, 0.1) is 0 Å². The monoisotopic (exact) mass is 136 g/mol. The third-order valence-corrected chi connectivity index (χ3v) is 0.974. The van der Waals surface area contributed by atoms with Crippen LogP contribution in [0.5, 0.6) is 0 Å². The van der Waals surface area contributed by atoms with E-state index < -0.39 is 6.23 Å². The van der Waals surface area contributed by atoms with Gasteiger partial charge in [0.05, 0.1) is 5.84 Å².